The molecule has 5 atom stereocenters. The van der Waals surface area contributed by atoms with E-state index in [2.05, 4.69) is 0 Å². The number of benzene rings is 1. The van der Waals surface area contributed by atoms with Crippen molar-refractivity contribution < 1.29 is 34.1 Å². The summed E-state index contributed by atoms with van der Waals surface area (Å²) in [4.78, 5) is 10.1. The summed E-state index contributed by atoms with van der Waals surface area (Å²) in [6, 6.07) is 5.45. The highest BCUT2D eigenvalue weighted by molar-refractivity contribution is 5.36. The molecule has 1 fully saturated rings. The van der Waals surface area contributed by atoms with Crippen LogP contribution >= 0.6 is 0 Å². The zero-order valence-corrected chi connectivity index (χ0v) is 12.7. The molecular weight excluding hydrogens is 310 g/mol. The number of hydrogen-bond acceptors (Lipinski definition) is 8. The van der Waals surface area contributed by atoms with Gasteiger partial charge >= 0.3 is 0 Å². The number of rotatable bonds is 6. The Morgan fingerprint density at radius 2 is 1.83 bits per heavy atom. The molecule has 1 aromatic carbocycles. The van der Waals surface area contributed by atoms with Crippen molar-refractivity contribution in [3.63, 3.8) is 0 Å². The van der Waals surface area contributed by atoms with Crippen molar-refractivity contribution in [2.75, 3.05) is 20.8 Å². The molecule has 0 aliphatic carbocycles. The highest BCUT2D eigenvalue weighted by Gasteiger charge is 2.47. The van der Waals surface area contributed by atoms with E-state index in [-0.39, 0.29) is 5.69 Å². The summed E-state index contributed by atoms with van der Waals surface area (Å²) < 4.78 is 21.6. The predicted molar refractivity (Wildman–Crippen MR) is 77.1 cm³/mol. The average molecular weight is 329 g/mol. The molecule has 23 heavy (non-hydrogen) atoms. The monoisotopic (exact) mass is 329 g/mol. The van der Waals surface area contributed by atoms with Gasteiger partial charge < -0.3 is 29.2 Å². The summed E-state index contributed by atoms with van der Waals surface area (Å²) in [7, 11) is 2.82. The number of ether oxygens (including phenoxy) is 4. The molecule has 0 unspecified atom stereocenters. The molecule has 1 aliphatic heterocycles. The fraction of sp³-hybridized carbons (Fsp3) is 0.571. The average Bonchev–Trinajstić information content (AvgIpc) is 2.56. The summed E-state index contributed by atoms with van der Waals surface area (Å²) in [6.07, 6.45) is -4.42. The molecule has 9 nitrogen and oxygen atoms in total. The second-order valence-electron chi connectivity index (χ2n) is 4.99. The minimum Gasteiger partial charge on any atom is -0.462 e. The van der Waals surface area contributed by atoms with Crippen LogP contribution in [0.1, 0.15) is 0 Å². The van der Waals surface area contributed by atoms with Crippen LogP contribution < -0.4 is 4.74 Å². The van der Waals surface area contributed by atoms with Crippen LogP contribution in [0.4, 0.5) is 5.69 Å². The molecule has 1 aromatic rings. The second kappa shape index (κ2) is 7.66. The lowest BCUT2D eigenvalue weighted by molar-refractivity contribution is -0.384. The first-order valence-corrected chi connectivity index (χ1v) is 6.93. The molecule has 0 amide bonds. The SMILES string of the molecule is CO[C@H]1[C@@H](Oc2ccc([N+](=O)[O-])cc2)O[C@H](CO)[C@H](O)[C@@H]1OC. The van der Waals surface area contributed by atoms with Gasteiger partial charge in [-0.1, -0.05) is 0 Å². The second-order valence-corrected chi connectivity index (χ2v) is 4.99. The Morgan fingerprint density at radius 1 is 1.22 bits per heavy atom. The third-order valence-electron chi connectivity index (χ3n) is 3.64. The number of nitro groups is 1. The van der Waals surface area contributed by atoms with Crippen LogP contribution in [0, 0.1) is 10.1 Å². The third kappa shape index (κ3) is 3.77. The molecule has 128 valence electrons. The fourth-order valence-electron chi connectivity index (χ4n) is 2.44. The maximum Gasteiger partial charge on any atom is 0.269 e. The molecule has 0 aromatic heterocycles. The lowest BCUT2D eigenvalue weighted by Crippen LogP contribution is -2.61. The van der Waals surface area contributed by atoms with Gasteiger partial charge in [0.05, 0.1) is 11.5 Å². The highest BCUT2D eigenvalue weighted by atomic mass is 16.7. The molecule has 9 heteroatoms. The van der Waals surface area contributed by atoms with E-state index in [0.717, 1.165) is 0 Å². The first kappa shape index (κ1) is 17.6. The normalized spacial score (nSPS) is 30.9. The van der Waals surface area contributed by atoms with Gasteiger partial charge in [0, 0.05) is 26.4 Å². The van der Waals surface area contributed by atoms with E-state index in [0.29, 0.717) is 5.75 Å². The molecular formula is C14H19NO8. The van der Waals surface area contributed by atoms with Crippen LogP contribution in [-0.4, -0.2) is 66.7 Å². The lowest BCUT2D eigenvalue weighted by atomic mass is 9.99. The van der Waals surface area contributed by atoms with E-state index in [1.165, 1.54) is 38.5 Å². The topological polar surface area (TPSA) is 121 Å². The van der Waals surface area contributed by atoms with Crippen LogP contribution in [0.3, 0.4) is 0 Å². The third-order valence-corrected chi connectivity index (χ3v) is 3.64. The number of aliphatic hydroxyl groups is 2. The Kier molecular flexibility index (Phi) is 5.85. The Morgan fingerprint density at radius 3 is 2.30 bits per heavy atom. The van der Waals surface area contributed by atoms with Crippen LogP contribution in [0.15, 0.2) is 24.3 Å². The van der Waals surface area contributed by atoms with E-state index in [1.54, 1.807) is 0 Å². The summed E-state index contributed by atoms with van der Waals surface area (Å²) in [5.74, 6) is 0.325. The smallest absolute Gasteiger partial charge is 0.269 e. The molecule has 0 bridgehead atoms. The lowest BCUT2D eigenvalue weighted by Gasteiger charge is -2.42. The quantitative estimate of drug-likeness (QED) is 0.556. The van der Waals surface area contributed by atoms with Crippen molar-refractivity contribution in [2.24, 2.45) is 0 Å². The van der Waals surface area contributed by atoms with Crippen LogP contribution in [0.5, 0.6) is 5.75 Å². The zero-order chi connectivity index (χ0) is 17.0. The number of hydrogen-bond donors (Lipinski definition) is 2. The van der Waals surface area contributed by atoms with E-state index < -0.39 is 42.2 Å². The summed E-state index contributed by atoms with van der Waals surface area (Å²) in [5.41, 5.74) is -0.0661. The van der Waals surface area contributed by atoms with Crippen molar-refractivity contribution in [3.8, 4) is 5.75 Å². The van der Waals surface area contributed by atoms with Crippen LogP contribution in [0.25, 0.3) is 0 Å². The Labute approximate surface area is 132 Å². The number of nitrogens with zero attached hydrogens (tertiary/aromatic N) is 1. The number of aliphatic hydroxyl groups excluding tert-OH is 2. The summed E-state index contributed by atoms with van der Waals surface area (Å²) in [5, 5.41) is 30.0. The largest absolute Gasteiger partial charge is 0.462 e. The first-order valence-electron chi connectivity index (χ1n) is 6.93. The molecule has 1 heterocycles. The highest BCUT2D eigenvalue weighted by Crippen LogP contribution is 2.28. The standard InChI is InChI=1S/C14H19NO8/c1-20-12-11(17)10(7-16)23-14(13(12)21-2)22-9-5-3-8(4-6-9)15(18)19/h3-6,10-14,16-17H,7H2,1-2H3/t10-,11+,12+,13-,14+/m1/s1. The van der Waals surface area contributed by atoms with Crippen molar-refractivity contribution >= 4 is 5.69 Å². The molecule has 1 saturated heterocycles. The summed E-state index contributed by atoms with van der Waals surface area (Å²) >= 11 is 0. The van der Waals surface area contributed by atoms with Gasteiger partial charge in [-0.3, -0.25) is 10.1 Å². The van der Waals surface area contributed by atoms with Crippen LogP contribution in [0.2, 0.25) is 0 Å². The van der Waals surface area contributed by atoms with E-state index in [9.17, 15) is 20.3 Å². The van der Waals surface area contributed by atoms with Crippen molar-refractivity contribution in [1.82, 2.24) is 0 Å². The Balaban J connectivity index is 2.16. The fourth-order valence-corrected chi connectivity index (χ4v) is 2.44. The number of non-ortho nitro benzene ring substituents is 1. The molecule has 2 rings (SSSR count). The predicted octanol–water partition coefficient (Wildman–Crippen LogP) is 0.0817. The Hall–Kier alpha value is -1.78. The number of nitro benzene ring substituents is 1. The molecule has 0 radical (unpaired) electrons. The minimum absolute atomic E-state index is 0.0661. The van der Waals surface area contributed by atoms with Crippen molar-refractivity contribution in [3.05, 3.63) is 34.4 Å². The summed E-state index contributed by atoms with van der Waals surface area (Å²) in [6.45, 7) is -0.419. The van der Waals surface area contributed by atoms with Gasteiger partial charge in [0.2, 0.25) is 6.29 Å². The zero-order valence-electron chi connectivity index (χ0n) is 12.7. The van der Waals surface area contributed by atoms with Gasteiger partial charge in [0.15, 0.2) is 0 Å². The maximum absolute atomic E-state index is 10.6. The van der Waals surface area contributed by atoms with E-state index in [4.69, 9.17) is 18.9 Å². The van der Waals surface area contributed by atoms with Crippen molar-refractivity contribution in [2.45, 2.75) is 30.7 Å². The molecule has 2 N–H and O–H groups in total. The molecule has 0 saturated carbocycles. The van der Waals surface area contributed by atoms with Gasteiger partial charge in [-0.2, -0.15) is 0 Å². The van der Waals surface area contributed by atoms with Crippen molar-refractivity contribution in [1.29, 1.82) is 0 Å². The van der Waals surface area contributed by atoms with Gasteiger partial charge in [-0.25, -0.2) is 0 Å². The first-order chi connectivity index (χ1) is 11.0. The van der Waals surface area contributed by atoms with Crippen LogP contribution in [-0.2, 0) is 14.2 Å². The van der Waals surface area contributed by atoms with Gasteiger partial charge in [0.1, 0.15) is 30.2 Å². The minimum atomic E-state index is -1.08. The van der Waals surface area contributed by atoms with Gasteiger partial charge in [0.25, 0.3) is 5.69 Å². The van der Waals surface area contributed by atoms with Gasteiger partial charge in [-0.05, 0) is 12.1 Å². The van der Waals surface area contributed by atoms with E-state index >= 15 is 0 Å². The maximum atomic E-state index is 10.6. The number of methoxy groups -OCH3 is 2. The van der Waals surface area contributed by atoms with Gasteiger partial charge in [-0.15, -0.1) is 0 Å². The van der Waals surface area contributed by atoms with E-state index in [1.807, 2.05) is 0 Å². The molecule has 1 aliphatic rings. The Bertz CT molecular complexity index is 522. The molecule has 0 spiro atoms.